The van der Waals surface area contributed by atoms with Crippen molar-refractivity contribution in [1.82, 2.24) is 0 Å². The number of methoxy groups -OCH3 is 1. The normalized spacial score (nSPS) is 45.7. The lowest BCUT2D eigenvalue weighted by atomic mass is 9.75. The van der Waals surface area contributed by atoms with Gasteiger partial charge < -0.3 is 4.74 Å². The molecule has 0 aromatic rings. The molecule has 0 N–H and O–H groups in total. The predicted molar refractivity (Wildman–Crippen MR) is 70.0 cm³/mol. The van der Waals surface area contributed by atoms with Crippen LogP contribution in [0.1, 0.15) is 38.5 Å². The van der Waals surface area contributed by atoms with Gasteiger partial charge in [-0.3, -0.25) is 4.79 Å². The second kappa shape index (κ2) is 4.85. The summed E-state index contributed by atoms with van der Waals surface area (Å²) in [6, 6.07) is 0. The highest BCUT2D eigenvalue weighted by molar-refractivity contribution is 8.00. The van der Waals surface area contributed by atoms with Crippen molar-refractivity contribution in [3.63, 3.8) is 0 Å². The molecule has 17 heavy (non-hydrogen) atoms. The van der Waals surface area contributed by atoms with Crippen LogP contribution in [0.4, 0.5) is 0 Å². The molecule has 0 amide bonds. The maximum absolute atomic E-state index is 12.5. The van der Waals surface area contributed by atoms with Gasteiger partial charge in [0.2, 0.25) is 0 Å². The molecule has 3 fully saturated rings. The molecule has 3 aliphatic rings. The first-order valence-electron chi connectivity index (χ1n) is 6.83. The van der Waals surface area contributed by atoms with Crippen LogP contribution in [0.25, 0.3) is 0 Å². The van der Waals surface area contributed by atoms with Crippen molar-refractivity contribution in [3.8, 4) is 0 Å². The number of hydrogen-bond acceptors (Lipinski definition) is 3. The summed E-state index contributed by atoms with van der Waals surface area (Å²) < 4.78 is 5.48. The minimum atomic E-state index is 0.333. The summed E-state index contributed by atoms with van der Waals surface area (Å²) in [5, 5.41) is 1.14. The first-order chi connectivity index (χ1) is 8.29. The SMILES string of the molecule is COC1CCC2C(=O)C3C[CH+]CCC3SC2C1. The zero-order valence-electron chi connectivity index (χ0n) is 10.4. The third-order valence-corrected chi connectivity index (χ3v) is 6.47. The Hall–Kier alpha value is -0.150. The number of rotatable bonds is 1. The standard InChI is InChI=1S/C14H21O2S/c1-16-9-6-7-11-13(8-9)17-12-5-3-2-4-10(12)14(11)15/h2,9-13H,3-8H2,1H3/q+1. The molecule has 0 spiro atoms. The summed E-state index contributed by atoms with van der Waals surface area (Å²) in [5.41, 5.74) is 0. The van der Waals surface area contributed by atoms with E-state index in [4.69, 9.17) is 4.74 Å². The van der Waals surface area contributed by atoms with Crippen LogP contribution in [-0.4, -0.2) is 29.5 Å². The predicted octanol–water partition coefficient (Wildman–Crippen LogP) is 2.86. The number of ether oxygens (including phenoxy) is 1. The molecule has 5 atom stereocenters. The van der Waals surface area contributed by atoms with Gasteiger partial charge in [0.25, 0.3) is 0 Å². The minimum absolute atomic E-state index is 0.333. The lowest BCUT2D eigenvalue weighted by Crippen LogP contribution is -2.47. The third-order valence-electron chi connectivity index (χ3n) is 4.68. The number of thioether (sulfide) groups is 1. The van der Waals surface area contributed by atoms with Crippen LogP contribution >= 0.6 is 11.8 Å². The van der Waals surface area contributed by atoms with E-state index in [1.165, 1.54) is 12.8 Å². The number of carbonyl (C=O) groups excluding carboxylic acids is 1. The number of hydrogen-bond donors (Lipinski definition) is 0. The van der Waals surface area contributed by atoms with Crippen molar-refractivity contribution in [3.05, 3.63) is 6.42 Å². The average molecular weight is 253 g/mol. The van der Waals surface area contributed by atoms with Gasteiger partial charge in [-0.2, -0.15) is 11.8 Å². The molecule has 3 heteroatoms. The third kappa shape index (κ3) is 2.12. The molecule has 0 aromatic carbocycles. The van der Waals surface area contributed by atoms with Gasteiger partial charge in [0.1, 0.15) is 5.78 Å². The summed E-state index contributed by atoms with van der Waals surface area (Å²) in [6.07, 6.45) is 9.37. The molecule has 0 aromatic heterocycles. The van der Waals surface area contributed by atoms with E-state index < -0.39 is 0 Å². The van der Waals surface area contributed by atoms with Crippen LogP contribution in [0.2, 0.25) is 0 Å². The van der Waals surface area contributed by atoms with Gasteiger partial charge >= 0.3 is 0 Å². The van der Waals surface area contributed by atoms with Gasteiger partial charge in [-0.25, -0.2) is 0 Å². The second-order valence-electron chi connectivity index (χ2n) is 5.60. The van der Waals surface area contributed by atoms with E-state index in [2.05, 4.69) is 18.2 Å². The van der Waals surface area contributed by atoms with Gasteiger partial charge in [0.15, 0.2) is 0 Å². The van der Waals surface area contributed by atoms with E-state index in [0.717, 1.165) is 25.7 Å². The van der Waals surface area contributed by atoms with Gasteiger partial charge in [-0.05, 0) is 19.3 Å². The van der Waals surface area contributed by atoms with Gasteiger partial charge in [-0.1, -0.05) is 0 Å². The van der Waals surface area contributed by atoms with Crippen LogP contribution in [0.5, 0.6) is 0 Å². The highest BCUT2D eigenvalue weighted by Crippen LogP contribution is 2.48. The van der Waals surface area contributed by atoms with Crippen LogP contribution in [0.3, 0.4) is 0 Å². The maximum Gasteiger partial charge on any atom is 0.145 e. The van der Waals surface area contributed by atoms with Gasteiger partial charge in [0, 0.05) is 29.9 Å². The Labute approximate surface area is 108 Å². The Morgan fingerprint density at radius 3 is 2.94 bits per heavy atom. The Balaban J connectivity index is 1.74. The van der Waals surface area contributed by atoms with Crippen molar-refractivity contribution < 1.29 is 9.53 Å². The average Bonchev–Trinajstić information content (AvgIpc) is 2.38. The van der Waals surface area contributed by atoms with Gasteiger partial charge in [-0.15, -0.1) is 0 Å². The quantitative estimate of drug-likeness (QED) is 0.672. The molecule has 1 aliphatic heterocycles. The second-order valence-corrected chi connectivity index (χ2v) is 7.08. The fourth-order valence-corrected chi connectivity index (χ4v) is 5.62. The highest BCUT2D eigenvalue weighted by atomic mass is 32.2. The molecule has 1 saturated heterocycles. The smallest absolute Gasteiger partial charge is 0.145 e. The summed E-state index contributed by atoms with van der Waals surface area (Å²) in [6.45, 7) is 0. The van der Waals surface area contributed by atoms with Crippen molar-refractivity contribution in [2.75, 3.05) is 7.11 Å². The maximum atomic E-state index is 12.5. The lowest BCUT2D eigenvalue weighted by Gasteiger charge is -2.44. The Kier molecular flexibility index (Phi) is 3.40. The van der Waals surface area contributed by atoms with E-state index in [1.807, 2.05) is 0 Å². The lowest BCUT2D eigenvalue weighted by molar-refractivity contribution is -0.129. The number of ketones is 1. The van der Waals surface area contributed by atoms with Crippen LogP contribution in [0.15, 0.2) is 0 Å². The molecular weight excluding hydrogens is 232 g/mol. The van der Waals surface area contributed by atoms with E-state index in [9.17, 15) is 4.79 Å². The number of fused-ring (bicyclic) bond motifs is 2. The zero-order valence-corrected chi connectivity index (χ0v) is 11.2. The summed E-state index contributed by atoms with van der Waals surface area (Å²) >= 11 is 2.10. The van der Waals surface area contributed by atoms with Crippen LogP contribution in [-0.2, 0) is 9.53 Å². The Morgan fingerprint density at radius 1 is 1.24 bits per heavy atom. The molecule has 1 heterocycles. The Bertz CT molecular complexity index is 305. The van der Waals surface area contributed by atoms with E-state index in [-0.39, 0.29) is 0 Å². The van der Waals surface area contributed by atoms with Crippen LogP contribution in [0, 0.1) is 18.3 Å². The number of Topliss-reactive ketones (excluding diaryl/α,β-unsaturated/α-hetero) is 1. The highest BCUT2D eigenvalue weighted by Gasteiger charge is 2.49. The van der Waals surface area contributed by atoms with E-state index >= 15 is 0 Å². The Morgan fingerprint density at radius 2 is 2.12 bits per heavy atom. The molecule has 94 valence electrons. The molecule has 0 bridgehead atoms. The summed E-state index contributed by atoms with van der Waals surface area (Å²) in [5.74, 6) is 1.25. The fourth-order valence-electron chi connectivity index (χ4n) is 3.68. The molecule has 0 radical (unpaired) electrons. The summed E-state index contributed by atoms with van der Waals surface area (Å²) in [7, 11) is 1.80. The van der Waals surface area contributed by atoms with Crippen molar-refractivity contribution in [2.24, 2.45) is 11.8 Å². The van der Waals surface area contributed by atoms with E-state index in [0.29, 0.717) is 34.2 Å². The van der Waals surface area contributed by atoms with Crippen molar-refractivity contribution >= 4 is 17.5 Å². The molecule has 2 nitrogen and oxygen atoms in total. The van der Waals surface area contributed by atoms with Gasteiger partial charge in [0.05, 0.1) is 31.3 Å². The number of carbonyl (C=O) groups is 1. The topological polar surface area (TPSA) is 26.3 Å². The van der Waals surface area contributed by atoms with Crippen molar-refractivity contribution in [2.45, 2.75) is 55.1 Å². The van der Waals surface area contributed by atoms with Crippen LogP contribution < -0.4 is 0 Å². The summed E-state index contributed by atoms with van der Waals surface area (Å²) in [4.78, 5) is 12.5. The minimum Gasteiger partial charge on any atom is -0.381 e. The fraction of sp³-hybridized carbons (Fsp3) is 0.857. The molecule has 3 rings (SSSR count). The molecule has 2 saturated carbocycles. The molecular formula is C14H21O2S+. The van der Waals surface area contributed by atoms with Crippen molar-refractivity contribution in [1.29, 1.82) is 0 Å². The van der Waals surface area contributed by atoms with E-state index in [1.54, 1.807) is 7.11 Å². The monoisotopic (exact) mass is 253 g/mol. The first kappa shape index (κ1) is 11.9. The first-order valence-corrected chi connectivity index (χ1v) is 7.77. The molecule has 5 unspecified atom stereocenters. The molecule has 2 aliphatic carbocycles. The largest absolute Gasteiger partial charge is 0.381 e. The zero-order chi connectivity index (χ0) is 11.8.